The van der Waals surface area contributed by atoms with E-state index in [-0.39, 0.29) is 35.1 Å². The fourth-order valence-corrected chi connectivity index (χ4v) is 3.51. The van der Waals surface area contributed by atoms with Gasteiger partial charge in [-0.1, -0.05) is 37.6 Å². The molecule has 0 aromatic carbocycles. The first-order valence-corrected chi connectivity index (χ1v) is 8.39. The number of ether oxygens (including phenoxy) is 1. The first-order valence-electron chi connectivity index (χ1n) is 8.39. The van der Waals surface area contributed by atoms with Gasteiger partial charge in [-0.3, -0.25) is 9.59 Å². The topological polar surface area (TPSA) is 43.4 Å². The Labute approximate surface area is 139 Å². The van der Waals surface area contributed by atoms with Crippen LogP contribution >= 0.6 is 0 Å². The van der Waals surface area contributed by atoms with Crippen LogP contribution in [0.1, 0.15) is 54.4 Å². The zero-order valence-corrected chi connectivity index (χ0v) is 15.1. The highest BCUT2D eigenvalue weighted by atomic mass is 16.5. The van der Waals surface area contributed by atoms with Crippen LogP contribution in [0, 0.1) is 17.3 Å². The highest BCUT2D eigenvalue weighted by Crippen LogP contribution is 2.60. The SMILES string of the molecule is CC=CCC1=C(C)[C@@H](OC(=O)[C@@H]2[C@@H](C=C(C)C)C2(C)C)CC1=O. The van der Waals surface area contributed by atoms with E-state index < -0.39 is 0 Å². The highest BCUT2D eigenvalue weighted by Gasteiger charge is 2.61. The lowest BCUT2D eigenvalue weighted by Crippen LogP contribution is -2.20. The van der Waals surface area contributed by atoms with Crippen LogP contribution in [0.3, 0.4) is 0 Å². The predicted molar refractivity (Wildman–Crippen MR) is 91.8 cm³/mol. The minimum Gasteiger partial charge on any atom is -0.457 e. The standard InChI is InChI=1S/C20H28O3/c1-7-8-9-14-13(4)17(11-16(14)21)23-19(22)18-15(10-12(2)3)20(18,5)6/h7-8,10,15,17-18H,9,11H2,1-6H3/t15-,17+,18+/m1/s1. The molecule has 1 saturated carbocycles. The third-order valence-electron chi connectivity index (χ3n) is 5.16. The molecule has 0 aliphatic heterocycles. The van der Waals surface area contributed by atoms with Crippen LogP contribution in [0.25, 0.3) is 0 Å². The summed E-state index contributed by atoms with van der Waals surface area (Å²) in [5.41, 5.74) is 2.89. The number of esters is 1. The molecule has 0 radical (unpaired) electrons. The summed E-state index contributed by atoms with van der Waals surface area (Å²) in [4.78, 5) is 24.7. The van der Waals surface area contributed by atoms with E-state index in [1.54, 1.807) is 0 Å². The molecule has 0 aromatic rings. The molecular formula is C20H28O3. The van der Waals surface area contributed by atoms with Crippen molar-refractivity contribution >= 4 is 11.8 Å². The number of hydrogen-bond donors (Lipinski definition) is 0. The second-order valence-corrected chi connectivity index (χ2v) is 7.56. The quantitative estimate of drug-likeness (QED) is 0.558. The van der Waals surface area contributed by atoms with Crippen LogP contribution in [0.15, 0.2) is 34.9 Å². The Balaban J connectivity index is 2.06. The van der Waals surface area contributed by atoms with Crippen molar-refractivity contribution in [2.24, 2.45) is 17.3 Å². The van der Waals surface area contributed by atoms with Gasteiger partial charge < -0.3 is 4.74 Å². The second-order valence-electron chi connectivity index (χ2n) is 7.56. The molecular weight excluding hydrogens is 288 g/mol. The zero-order chi connectivity index (χ0) is 17.4. The molecule has 0 unspecified atom stereocenters. The molecule has 0 amide bonds. The Morgan fingerprint density at radius 3 is 2.57 bits per heavy atom. The minimum atomic E-state index is -0.376. The van der Waals surface area contributed by atoms with Gasteiger partial charge in [0.1, 0.15) is 6.10 Å². The van der Waals surface area contributed by atoms with Gasteiger partial charge in [0.05, 0.1) is 12.3 Å². The van der Waals surface area contributed by atoms with Gasteiger partial charge in [0.25, 0.3) is 0 Å². The molecule has 126 valence electrons. The van der Waals surface area contributed by atoms with Gasteiger partial charge in [0, 0.05) is 5.57 Å². The Hall–Kier alpha value is -1.64. The normalized spacial score (nSPS) is 29.1. The van der Waals surface area contributed by atoms with Crippen molar-refractivity contribution in [1.82, 2.24) is 0 Å². The largest absolute Gasteiger partial charge is 0.457 e. The van der Waals surface area contributed by atoms with Crippen molar-refractivity contribution < 1.29 is 14.3 Å². The van der Waals surface area contributed by atoms with Crippen LogP contribution in [0.4, 0.5) is 0 Å². The Morgan fingerprint density at radius 1 is 1.35 bits per heavy atom. The maximum atomic E-state index is 12.5. The molecule has 0 aromatic heterocycles. The first-order chi connectivity index (χ1) is 10.7. The van der Waals surface area contributed by atoms with Crippen molar-refractivity contribution in [3.05, 3.63) is 34.9 Å². The monoisotopic (exact) mass is 316 g/mol. The van der Waals surface area contributed by atoms with Crippen molar-refractivity contribution in [2.45, 2.75) is 60.5 Å². The third-order valence-corrected chi connectivity index (χ3v) is 5.16. The maximum Gasteiger partial charge on any atom is 0.310 e. The van der Waals surface area contributed by atoms with E-state index >= 15 is 0 Å². The van der Waals surface area contributed by atoms with E-state index in [2.05, 4.69) is 19.9 Å². The van der Waals surface area contributed by atoms with E-state index in [1.165, 1.54) is 5.57 Å². The van der Waals surface area contributed by atoms with Gasteiger partial charge in [0.15, 0.2) is 5.78 Å². The van der Waals surface area contributed by atoms with E-state index in [0.29, 0.717) is 12.8 Å². The highest BCUT2D eigenvalue weighted by molar-refractivity contribution is 6.00. The summed E-state index contributed by atoms with van der Waals surface area (Å²) >= 11 is 0. The summed E-state index contributed by atoms with van der Waals surface area (Å²) in [6, 6.07) is 0. The van der Waals surface area contributed by atoms with Gasteiger partial charge in [-0.05, 0) is 51.0 Å². The molecule has 23 heavy (non-hydrogen) atoms. The van der Waals surface area contributed by atoms with E-state index in [0.717, 1.165) is 11.1 Å². The van der Waals surface area contributed by atoms with Gasteiger partial charge in [0.2, 0.25) is 0 Å². The molecule has 3 nitrogen and oxygen atoms in total. The van der Waals surface area contributed by atoms with Crippen molar-refractivity contribution in [3.63, 3.8) is 0 Å². The first kappa shape index (κ1) is 17.7. The molecule has 3 atom stereocenters. The van der Waals surface area contributed by atoms with Crippen LogP contribution in [0.5, 0.6) is 0 Å². The molecule has 3 heteroatoms. The molecule has 0 N–H and O–H groups in total. The van der Waals surface area contributed by atoms with Crippen LogP contribution < -0.4 is 0 Å². The molecule has 1 fully saturated rings. The van der Waals surface area contributed by atoms with Crippen molar-refractivity contribution in [2.75, 3.05) is 0 Å². The lowest BCUT2D eigenvalue weighted by Gasteiger charge is -2.13. The summed E-state index contributed by atoms with van der Waals surface area (Å²) < 4.78 is 5.70. The third kappa shape index (κ3) is 3.49. The zero-order valence-electron chi connectivity index (χ0n) is 15.1. The van der Waals surface area contributed by atoms with E-state index in [1.807, 2.05) is 39.8 Å². The average molecular weight is 316 g/mol. The average Bonchev–Trinajstić information content (AvgIpc) is 2.86. The molecule has 0 heterocycles. The number of carbonyl (C=O) groups is 2. The fraction of sp³-hybridized carbons (Fsp3) is 0.600. The molecule has 0 spiro atoms. The number of allylic oxidation sites excluding steroid dienone is 5. The van der Waals surface area contributed by atoms with Crippen LogP contribution in [0.2, 0.25) is 0 Å². The Kier molecular flexibility index (Phi) is 4.98. The second kappa shape index (κ2) is 6.46. The number of Topliss-reactive ketones (excluding diaryl/α,β-unsaturated/α-hetero) is 1. The number of rotatable bonds is 5. The molecule has 2 aliphatic rings. The van der Waals surface area contributed by atoms with Crippen molar-refractivity contribution in [3.8, 4) is 0 Å². The fourth-order valence-electron chi connectivity index (χ4n) is 3.51. The van der Waals surface area contributed by atoms with E-state index in [9.17, 15) is 9.59 Å². The Bertz CT molecular complexity index is 600. The summed E-state index contributed by atoms with van der Waals surface area (Å²) in [6.45, 7) is 12.1. The number of ketones is 1. The van der Waals surface area contributed by atoms with Crippen LogP contribution in [-0.2, 0) is 14.3 Å². The molecule has 0 bridgehead atoms. The molecule has 2 rings (SSSR count). The summed E-state index contributed by atoms with van der Waals surface area (Å²) in [7, 11) is 0. The number of hydrogen-bond acceptors (Lipinski definition) is 3. The van der Waals surface area contributed by atoms with Gasteiger partial charge in [-0.2, -0.15) is 0 Å². The van der Waals surface area contributed by atoms with Gasteiger partial charge in [-0.25, -0.2) is 0 Å². The summed E-state index contributed by atoms with van der Waals surface area (Å²) in [5.74, 6) is 0.0833. The van der Waals surface area contributed by atoms with Gasteiger partial charge >= 0.3 is 5.97 Å². The van der Waals surface area contributed by atoms with E-state index in [4.69, 9.17) is 4.74 Å². The molecule has 0 saturated heterocycles. The lowest BCUT2D eigenvalue weighted by atomic mass is 10.1. The summed E-state index contributed by atoms with van der Waals surface area (Å²) in [6.07, 6.45) is 6.61. The predicted octanol–water partition coefficient (Wildman–Crippen LogP) is 4.39. The lowest BCUT2D eigenvalue weighted by molar-refractivity contribution is -0.150. The maximum absolute atomic E-state index is 12.5. The number of carbonyl (C=O) groups excluding carboxylic acids is 2. The van der Waals surface area contributed by atoms with Crippen LogP contribution in [-0.4, -0.2) is 17.9 Å². The smallest absolute Gasteiger partial charge is 0.310 e. The van der Waals surface area contributed by atoms with Gasteiger partial charge in [-0.15, -0.1) is 0 Å². The van der Waals surface area contributed by atoms with Crippen molar-refractivity contribution in [1.29, 1.82) is 0 Å². The minimum absolute atomic E-state index is 0.0532. The molecule has 2 aliphatic carbocycles. The Morgan fingerprint density at radius 2 is 2.00 bits per heavy atom. The summed E-state index contributed by atoms with van der Waals surface area (Å²) in [5, 5.41) is 0.